The van der Waals surface area contributed by atoms with Crippen LogP contribution in [0.3, 0.4) is 0 Å². The number of nitrogens with zero attached hydrogens (tertiary/aromatic N) is 3. The molecule has 0 aliphatic rings. The SMILES string of the molecule is CSc1nc(NC(C)=O)c2c(=O)c(C(=O)OC(=O)c3ccccc3)cn(C)c2n1. The molecule has 0 fully saturated rings. The zero-order chi connectivity index (χ0) is 21.1. The molecule has 0 aliphatic carbocycles. The highest BCUT2D eigenvalue weighted by atomic mass is 32.2. The summed E-state index contributed by atoms with van der Waals surface area (Å²) in [4.78, 5) is 57.6. The fourth-order valence-corrected chi connectivity index (χ4v) is 2.97. The van der Waals surface area contributed by atoms with E-state index in [9.17, 15) is 19.2 Å². The Morgan fingerprint density at radius 3 is 2.41 bits per heavy atom. The van der Waals surface area contributed by atoms with Crippen molar-refractivity contribution in [1.29, 1.82) is 0 Å². The second kappa shape index (κ2) is 8.23. The molecule has 0 radical (unpaired) electrons. The maximum atomic E-state index is 13.0. The first-order valence-corrected chi connectivity index (χ1v) is 9.58. The van der Waals surface area contributed by atoms with Crippen molar-refractivity contribution in [2.45, 2.75) is 12.1 Å². The number of carbonyl (C=O) groups excluding carboxylic acids is 3. The Morgan fingerprint density at radius 2 is 1.79 bits per heavy atom. The van der Waals surface area contributed by atoms with Crippen LogP contribution in [0.5, 0.6) is 0 Å². The van der Waals surface area contributed by atoms with E-state index in [-0.39, 0.29) is 28.0 Å². The van der Waals surface area contributed by atoms with E-state index in [1.807, 2.05) is 0 Å². The predicted molar refractivity (Wildman–Crippen MR) is 107 cm³/mol. The maximum Gasteiger partial charge on any atom is 0.351 e. The minimum atomic E-state index is -1.11. The largest absolute Gasteiger partial charge is 0.386 e. The normalized spacial score (nSPS) is 10.6. The summed E-state index contributed by atoms with van der Waals surface area (Å²) >= 11 is 1.23. The topological polar surface area (TPSA) is 120 Å². The Kier molecular flexibility index (Phi) is 5.74. The average Bonchev–Trinajstić information content (AvgIpc) is 2.70. The van der Waals surface area contributed by atoms with Gasteiger partial charge in [0.1, 0.15) is 16.6 Å². The highest BCUT2D eigenvalue weighted by Gasteiger charge is 2.23. The number of aryl methyl sites for hydroxylation is 1. The number of anilines is 1. The third-order valence-electron chi connectivity index (χ3n) is 3.89. The summed E-state index contributed by atoms with van der Waals surface area (Å²) in [6, 6.07) is 7.93. The summed E-state index contributed by atoms with van der Waals surface area (Å²) in [5.74, 6) is -2.44. The third kappa shape index (κ3) is 4.16. The summed E-state index contributed by atoms with van der Waals surface area (Å²) in [5, 5.41) is 2.77. The molecule has 0 spiro atoms. The lowest BCUT2D eigenvalue weighted by Gasteiger charge is -2.12. The van der Waals surface area contributed by atoms with Gasteiger partial charge in [-0.3, -0.25) is 9.59 Å². The molecule has 0 saturated carbocycles. The van der Waals surface area contributed by atoms with Crippen LogP contribution in [0.4, 0.5) is 5.82 Å². The first-order chi connectivity index (χ1) is 13.8. The van der Waals surface area contributed by atoms with Crippen molar-refractivity contribution in [2.75, 3.05) is 11.6 Å². The third-order valence-corrected chi connectivity index (χ3v) is 4.44. The highest BCUT2D eigenvalue weighted by Crippen LogP contribution is 2.21. The van der Waals surface area contributed by atoms with E-state index >= 15 is 0 Å². The molecule has 0 saturated heterocycles. The van der Waals surface area contributed by atoms with Crippen molar-refractivity contribution in [3.05, 3.63) is 57.9 Å². The highest BCUT2D eigenvalue weighted by molar-refractivity contribution is 7.98. The molecule has 0 aliphatic heterocycles. The molecular weight excluding hydrogens is 396 g/mol. The molecule has 3 aromatic rings. The molecule has 3 rings (SSSR count). The molecule has 10 heteroatoms. The number of rotatable bonds is 4. The van der Waals surface area contributed by atoms with Crippen molar-refractivity contribution >= 4 is 46.5 Å². The minimum Gasteiger partial charge on any atom is -0.386 e. The summed E-state index contributed by atoms with van der Waals surface area (Å²) in [7, 11) is 1.58. The van der Waals surface area contributed by atoms with Gasteiger partial charge >= 0.3 is 11.9 Å². The predicted octanol–water partition coefficient (Wildman–Crippen LogP) is 2.01. The van der Waals surface area contributed by atoms with Gasteiger partial charge in [0.25, 0.3) is 0 Å². The van der Waals surface area contributed by atoms with Gasteiger partial charge in [-0.05, 0) is 18.4 Å². The minimum absolute atomic E-state index is 0.0171. The van der Waals surface area contributed by atoms with Crippen LogP contribution in [-0.2, 0) is 16.6 Å². The Bertz CT molecular complexity index is 1190. The summed E-state index contributed by atoms with van der Waals surface area (Å²) in [6.45, 7) is 1.27. The molecule has 29 heavy (non-hydrogen) atoms. The van der Waals surface area contributed by atoms with Crippen LogP contribution in [0, 0.1) is 0 Å². The number of nitrogens with one attached hydrogen (secondary N) is 1. The number of aromatic nitrogens is 3. The van der Waals surface area contributed by atoms with Gasteiger partial charge < -0.3 is 14.6 Å². The van der Waals surface area contributed by atoms with E-state index in [4.69, 9.17) is 4.74 Å². The molecule has 2 aromatic heterocycles. The van der Waals surface area contributed by atoms with E-state index in [0.29, 0.717) is 5.16 Å². The van der Waals surface area contributed by atoms with Gasteiger partial charge in [-0.25, -0.2) is 19.6 Å². The van der Waals surface area contributed by atoms with Crippen LogP contribution in [0.25, 0.3) is 11.0 Å². The van der Waals surface area contributed by atoms with Crippen LogP contribution >= 0.6 is 11.8 Å². The van der Waals surface area contributed by atoms with Crippen LogP contribution < -0.4 is 10.7 Å². The number of thioether (sulfide) groups is 1. The van der Waals surface area contributed by atoms with E-state index in [1.54, 1.807) is 31.5 Å². The fourth-order valence-electron chi connectivity index (χ4n) is 2.61. The number of amides is 1. The zero-order valence-corrected chi connectivity index (χ0v) is 16.6. The second-order valence-corrected chi connectivity index (χ2v) is 6.74. The molecule has 0 bridgehead atoms. The number of hydrogen-bond donors (Lipinski definition) is 1. The van der Waals surface area contributed by atoms with E-state index in [1.165, 1.54) is 41.6 Å². The molecule has 0 unspecified atom stereocenters. The van der Waals surface area contributed by atoms with Crippen LogP contribution in [0.15, 0.2) is 46.5 Å². The second-order valence-electron chi connectivity index (χ2n) is 5.96. The van der Waals surface area contributed by atoms with Crippen LogP contribution in [0.2, 0.25) is 0 Å². The number of benzene rings is 1. The maximum absolute atomic E-state index is 13.0. The van der Waals surface area contributed by atoms with Crippen molar-refractivity contribution in [3.8, 4) is 0 Å². The monoisotopic (exact) mass is 412 g/mol. The fraction of sp³-hybridized carbons (Fsp3) is 0.158. The molecule has 1 amide bonds. The van der Waals surface area contributed by atoms with Gasteiger partial charge in [-0.15, -0.1) is 0 Å². The molecule has 1 N–H and O–H groups in total. The van der Waals surface area contributed by atoms with Gasteiger partial charge in [0.15, 0.2) is 11.0 Å². The van der Waals surface area contributed by atoms with E-state index in [2.05, 4.69) is 15.3 Å². The van der Waals surface area contributed by atoms with Crippen LogP contribution in [0.1, 0.15) is 27.6 Å². The molecule has 148 valence electrons. The number of pyridine rings is 1. The quantitative estimate of drug-likeness (QED) is 0.299. The van der Waals surface area contributed by atoms with Crippen molar-refractivity contribution < 1.29 is 19.1 Å². The lowest BCUT2D eigenvalue weighted by atomic mass is 10.2. The number of esters is 2. The Labute approximate surface area is 169 Å². The number of ether oxygens (including phenoxy) is 1. The zero-order valence-electron chi connectivity index (χ0n) is 15.8. The van der Waals surface area contributed by atoms with Gasteiger partial charge in [-0.1, -0.05) is 30.0 Å². The van der Waals surface area contributed by atoms with Crippen molar-refractivity contribution in [2.24, 2.45) is 7.05 Å². The van der Waals surface area contributed by atoms with Crippen molar-refractivity contribution in [1.82, 2.24) is 14.5 Å². The lowest BCUT2D eigenvalue weighted by molar-refractivity contribution is -0.114. The van der Waals surface area contributed by atoms with Gasteiger partial charge in [-0.2, -0.15) is 0 Å². The first-order valence-electron chi connectivity index (χ1n) is 8.36. The smallest absolute Gasteiger partial charge is 0.351 e. The van der Waals surface area contributed by atoms with Gasteiger partial charge in [0.2, 0.25) is 11.3 Å². The molecule has 9 nitrogen and oxygen atoms in total. The molecule has 0 atom stereocenters. The lowest BCUT2D eigenvalue weighted by Crippen LogP contribution is -2.24. The Morgan fingerprint density at radius 1 is 1.10 bits per heavy atom. The van der Waals surface area contributed by atoms with E-state index in [0.717, 1.165) is 0 Å². The summed E-state index contributed by atoms with van der Waals surface area (Å²) < 4.78 is 6.29. The van der Waals surface area contributed by atoms with Crippen LogP contribution in [-0.4, -0.2) is 38.6 Å². The number of fused-ring (bicyclic) bond motifs is 1. The molecular formula is C19H16N4O5S. The van der Waals surface area contributed by atoms with Gasteiger partial charge in [0.05, 0.1) is 5.56 Å². The van der Waals surface area contributed by atoms with Crippen molar-refractivity contribution in [3.63, 3.8) is 0 Å². The Hall–Kier alpha value is -3.53. The molecule has 2 heterocycles. The standard InChI is InChI=1S/C19H16N4O5S/c1-10(24)20-15-13-14(25)12(9-23(2)16(13)22-19(21-15)29-3)18(27)28-17(26)11-7-5-4-6-8-11/h4-9H,1-3H3,(H,20,21,22,24). The number of hydrogen-bond acceptors (Lipinski definition) is 8. The number of carbonyl (C=O) groups is 3. The first kappa shape index (κ1) is 20.2. The molecule has 1 aromatic carbocycles. The summed E-state index contributed by atoms with van der Waals surface area (Å²) in [6.07, 6.45) is 2.98. The van der Waals surface area contributed by atoms with E-state index < -0.39 is 23.3 Å². The summed E-state index contributed by atoms with van der Waals surface area (Å²) in [5.41, 5.74) is -0.730. The van der Waals surface area contributed by atoms with Gasteiger partial charge in [0, 0.05) is 20.2 Å². The average molecular weight is 412 g/mol. The Balaban J connectivity index is 2.10.